The molecule has 7 heteroatoms. The summed E-state index contributed by atoms with van der Waals surface area (Å²) in [6.45, 7) is 2.02. The molecule has 98 valence electrons. The molecule has 0 saturated carbocycles. The van der Waals surface area contributed by atoms with Crippen molar-refractivity contribution in [3.63, 3.8) is 0 Å². The molecule has 0 aliphatic heterocycles. The van der Waals surface area contributed by atoms with Crippen molar-refractivity contribution in [3.8, 4) is 0 Å². The van der Waals surface area contributed by atoms with E-state index < -0.39 is 10.0 Å². The summed E-state index contributed by atoms with van der Waals surface area (Å²) in [4.78, 5) is 2.58. The van der Waals surface area contributed by atoms with Gasteiger partial charge in [0.1, 0.15) is 0 Å². The van der Waals surface area contributed by atoms with Crippen molar-refractivity contribution < 1.29 is 13.5 Å². The number of nitrogens with one attached hydrogen (secondary N) is 1. The first-order valence-electron chi connectivity index (χ1n) is 5.21. The Labute approximate surface area is 106 Å². The van der Waals surface area contributed by atoms with E-state index in [1.165, 1.54) is 17.4 Å². The van der Waals surface area contributed by atoms with Crippen LogP contribution in [0.3, 0.4) is 0 Å². The largest absolute Gasteiger partial charge is 0.391 e. The monoisotopic (exact) mass is 278 g/mol. The predicted molar refractivity (Wildman–Crippen MR) is 68.6 cm³/mol. The smallest absolute Gasteiger partial charge is 0.241 e. The van der Waals surface area contributed by atoms with Gasteiger partial charge in [-0.25, -0.2) is 13.1 Å². The summed E-state index contributed by atoms with van der Waals surface area (Å²) in [5.41, 5.74) is 0. The molecule has 1 rings (SSSR count). The van der Waals surface area contributed by atoms with E-state index in [2.05, 4.69) is 4.72 Å². The summed E-state index contributed by atoms with van der Waals surface area (Å²) in [5.74, 6) is 0. The lowest BCUT2D eigenvalue weighted by molar-refractivity contribution is 0.282. The van der Waals surface area contributed by atoms with Gasteiger partial charge >= 0.3 is 0 Å². The Balaban J connectivity index is 2.76. The van der Waals surface area contributed by atoms with Crippen LogP contribution in [0.25, 0.3) is 0 Å². The number of aliphatic hydroxyl groups excluding tert-OH is 1. The molecule has 1 aromatic heterocycles. The third-order valence-electron chi connectivity index (χ3n) is 2.59. The number of likely N-dealkylation sites (N-methyl/N-ethyl adjacent to an activating group) is 1. The zero-order chi connectivity index (χ0) is 13.1. The minimum atomic E-state index is -3.51. The Morgan fingerprint density at radius 2 is 2.18 bits per heavy atom. The molecule has 1 aromatic rings. The van der Waals surface area contributed by atoms with Gasteiger partial charge in [0, 0.05) is 17.5 Å². The molecule has 5 nitrogen and oxygen atoms in total. The molecule has 0 amide bonds. The van der Waals surface area contributed by atoms with Crippen LogP contribution in [0.4, 0.5) is 0 Å². The van der Waals surface area contributed by atoms with Gasteiger partial charge in [0.25, 0.3) is 0 Å². The fraction of sp³-hybridized carbons (Fsp3) is 0.600. The molecule has 0 radical (unpaired) electrons. The zero-order valence-electron chi connectivity index (χ0n) is 10.2. The lowest BCUT2D eigenvalue weighted by Gasteiger charge is -2.19. The van der Waals surface area contributed by atoms with E-state index in [-0.39, 0.29) is 17.5 Å². The third-order valence-corrected chi connectivity index (χ3v) is 5.13. The van der Waals surface area contributed by atoms with E-state index in [1.807, 2.05) is 25.9 Å². The number of sulfonamides is 1. The Morgan fingerprint density at radius 1 is 1.53 bits per heavy atom. The van der Waals surface area contributed by atoms with Crippen LogP contribution in [0.2, 0.25) is 0 Å². The fourth-order valence-corrected chi connectivity index (χ4v) is 3.59. The molecule has 2 N–H and O–H groups in total. The molecule has 0 fully saturated rings. The van der Waals surface area contributed by atoms with Crippen molar-refractivity contribution in [1.29, 1.82) is 0 Å². The maximum atomic E-state index is 12.0. The number of nitrogens with zero attached hydrogens (tertiary/aromatic N) is 1. The Kier molecular flexibility index (Phi) is 5.08. The number of thiophene rings is 1. The highest BCUT2D eigenvalue weighted by Crippen LogP contribution is 2.21. The molecular weight excluding hydrogens is 260 g/mol. The summed E-state index contributed by atoms with van der Waals surface area (Å²) in [6.07, 6.45) is 0. The van der Waals surface area contributed by atoms with Crippen LogP contribution in [0.15, 0.2) is 16.3 Å². The van der Waals surface area contributed by atoms with Crippen molar-refractivity contribution in [2.24, 2.45) is 0 Å². The topological polar surface area (TPSA) is 69.6 Å². The first-order chi connectivity index (χ1) is 7.88. The van der Waals surface area contributed by atoms with Crippen LogP contribution in [0, 0.1) is 0 Å². The summed E-state index contributed by atoms with van der Waals surface area (Å²) in [6, 6.07) is 1.62. The van der Waals surface area contributed by atoms with E-state index >= 15 is 0 Å². The molecule has 0 bridgehead atoms. The minimum absolute atomic E-state index is 0.112. The summed E-state index contributed by atoms with van der Waals surface area (Å²) in [7, 11) is 0.269. The maximum Gasteiger partial charge on any atom is 0.241 e. The highest BCUT2D eigenvalue weighted by atomic mass is 32.2. The van der Waals surface area contributed by atoms with Crippen molar-refractivity contribution in [3.05, 3.63) is 16.3 Å². The summed E-state index contributed by atoms with van der Waals surface area (Å²) in [5, 5.41) is 10.7. The second kappa shape index (κ2) is 5.92. The van der Waals surface area contributed by atoms with Crippen molar-refractivity contribution >= 4 is 21.4 Å². The lowest BCUT2D eigenvalue weighted by atomic mass is 10.3. The predicted octanol–water partition coefficient (Wildman–Crippen LogP) is 0.469. The standard InChI is InChI=1S/C10H18N2O3S2/c1-8(12(2)3)6-11-17(14,15)10-4-5-16-9(10)7-13/h4-5,8,11,13H,6-7H2,1-3H3. The van der Waals surface area contributed by atoms with Gasteiger partial charge in [0.15, 0.2) is 0 Å². The zero-order valence-corrected chi connectivity index (χ0v) is 11.8. The van der Waals surface area contributed by atoms with Crippen LogP contribution in [0.5, 0.6) is 0 Å². The molecule has 17 heavy (non-hydrogen) atoms. The van der Waals surface area contributed by atoms with Crippen LogP contribution >= 0.6 is 11.3 Å². The third kappa shape index (κ3) is 3.75. The first-order valence-corrected chi connectivity index (χ1v) is 7.58. The van der Waals surface area contributed by atoms with Gasteiger partial charge in [-0.1, -0.05) is 0 Å². The Hall–Kier alpha value is -0.470. The molecule has 0 saturated heterocycles. The minimum Gasteiger partial charge on any atom is -0.391 e. The Bertz CT molecular complexity index is 454. The van der Waals surface area contributed by atoms with Gasteiger partial charge in [0.05, 0.1) is 11.5 Å². The normalized spacial score (nSPS) is 14.2. The second-order valence-corrected chi connectivity index (χ2v) is 6.77. The number of hydrogen-bond donors (Lipinski definition) is 2. The van der Waals surface area contributed by atoms with Gasteiger partial charge in [-0.2, -0.15) is 0 Å². The lowest BCUT2D eigenvalue weighted by Crippen LogP contribution is -2.38. The van der Waals surface area contributed by atoms with Crippen molar-refractivity contribution in [1.82, 2.24) is 9.62 Å². The highest BCUT2D eigenvalue weighted by molar-refractivity contribution is 7.89. The van der Waals surface area contributed by atoms with E-state index in [0.717, 1.165) is 0 Å². The van der Waals surface area contributed by atoms with Crippen molar-refractivity contribution in [2.75, 3.05) is 20.6 Å². The average Bonchev–Trinajstić information content (AvgIpc) is 2.74. The number of aliphatic hydroxyl groups is 1. The van der Waals surface area contributed by atoms with Crippen LogP contribution in [0.1, 0.15) is 11.8 Å². The summed E-state index contributed by atoms with van der Waals surface area (Å²) >= 11 is 1.24. The molecule has 0 aliphatic carbocycles. The maximum absolute atomic E-state index is 12.0. The molecular formula is C10H18N2O3S2. The molecule has 1 unspecified atom stereocenters. The van der Waals surface area contributed by atoms with E-state index in [9.17, 15) is 8.42 Å². The fourth-order valence-electron chi connectivity index (χ4n) is 1.17. The Morgan fingerprint density at radius 3 is 2.71 bits per heavy atom. The van der Waals surface area contributed by atoms with Gasteiger partial charge in [-0.3, -0.25) is 0 Å². The molecule has 1 heterocycles. The van der Waals surface area contributed by atoms with Crippen LogP contribution < -0.4 is 4.72 Å². The number of hydrogen-bond acceptors (Lipinski definition) is 5. The quantitative estimate of drug-likeness (QED) is 0.793. The van der Waals surface area contributed by atoms with Gasteiger partial charge in [-0.05, 0) is 32.5 Å². The molecule has 0 aliphatic rings. The number of rotatable bonds is 6. The van der Waals surface area contributed by atoms with E-state index in [0.29, 0.717) is 11.4 Å². The van der Waals surface area contributed by atoms with Crippen molar-refractivity contribution in [2.45, 2.75) is 24.5 Å². The molecule has 0 spiro atoms. The average molecular weight is 278 g/mol. The van der Waals surface area contributed by atoms with Gasteiger partial charge < -0.3 is 10.0 Å². The SMILES string of the molecule is CC(CNS(=O)(=O)c1ccsc1CO)N(C)C. The van der Waals surface area contributed by atoms with Crippen LogP contribution in [-0.2, 0) is 16.6 Å². The van der Waals surface area contributed by atoms with Gasteiger partial charge in [-0.15, -0.1) is 11.3 Å². The molecule has 1 atom stereocenters. The van der Waals surface area contributed by atoms with E-state index in [4.69, 9.17) is 5.11 Å². The van der Waals surface area contributed by atoms with Crippen LogP contribution in [-0.4, -0.2) is 45.1 Å². The van der Waals surface area contributed by atoms with E-state index in [1.54, 1.807) is 5.38 Å². The highest BCUT2D eigenvalue weighted by Gasteiger charge is 2.20. The molecule has 0 aromatic carbocycles. The second-order valence-electron chi connectivity index (χ2n) is 4.03. The summed E-state index contributed by atoms with van der Waals surface area (Å²) < 4.78 is 26.5. The first kappa shape index (κ1) is 14.6. The van der Waals surface area contributed by atoms with Gasteiger partial charge in [0.2, 0.25) is 10.0 Å².